The van der Waals surface area contributed by atoms with Gasteiger partial charge in [0.15, 0.2) is 11.5 Å². The van der Waals surface area contributed by atoms with Crippen LogP contribution in [-0.2, 0) is 9.47 Å². The van der Waals surface area contributed by atoms with Gasteiger partial charge in [-0.1, -0.05) is 13.3 Å². The highest BCUT2D eigenvalue weighted by atomic mass is 16.6. The summed E-state index contributed by atoms with van der Waals surface area (Å²) in [5.41, 5.74) is 1.28. The standard InChI is InChI=1S/C27H34N4O6/c1-4-5-20(10-11-31-12-14-35-15-13-31)37-27(32)30-19-6-8-21(9-7-19)36-26-22-16-24(33-2)25(34-3)17-23(22)28-18-29-26/h6-9,16-18,20H,4-5,10-15H2,1-3H3,(H,30,32). The molecule has 198 valence electrons. The summed E-state index contributed by atoms with van der Waals surface area (Å²) in [6.45, 7) is 6.35. The maximum atomic E-state index is 12.5. The lowest BCUT2D eigenvalue weighted by atomic mass is 10.1. The molecule has 2 heterocycles. The van der Waals surface area contributed by atoms with Crippen molar-refractivity contribution in [1.29, 1.82) is 0 Å². The van der Waals surface area contributed by atoms with E-state index < -0.39 is 6.09 Å². The van der Waals surface area contributed by atoms with Crippen LogP contribution in [0.4, 0.5) is 10.5 Å². The van der Waals surface area contributed by atoms with Gasteiger partial charge in [-0.2, -0.15) is 0 Å². The predicted molar refractivity (Wildman–Crippen MR) is 140 cm³/mol. The number of benzene rings is 2. The van der Waals surface area contributed by atoms with Crippen molar-refractivity contribution in [3.8, 4) is 23.1 Å². The second-order valence-electron chi connectivity index (χ2n) is 8.71. The summed E-state index contributed by atoms with van der Waals surface area (Å²) in [5.74, 6) is 2.07. The first kappa shape index (κ1) is 26.4. The summed E-state index contributed by atoms with van der Waals surface area (Å²) >= 11 is 0. The van der Waals surface area contributed by atoms with Crippen LogP contribution in [0.5, 0.6) is 23.1 Å². The van der Waals surface area contributed by atoms with E-state index in [0.717, 1.165) is 52.1 Å². The summed E-state index contributed by atoms with van der Waals surface area (Å²) in [6, 6.07) is 10.6. The SMILES string of the molecule is CCCC(CCN1CCOCC1)OC(=O)Nc1ccc(Oc2ncnc3cc(OC)c(OC)cc23)cc1. The molecule has 1 aliphatic rings. The van der Waals surface area contributed by atoms with Crippen molar-refractivity contribution >= 4 is 22.7 Å². The first-order chi connectivity index (χ1) is 18.1. The number of hydrogen-bond acceptors (Lipinski definition) is 9. The van der Waals surface area contributed by atoms with Gasteiger partial charge in [0.2, 0.25) is 5.88 Å². The predicted octanol–water partition coefficient (Wildman–Crippen LogP) is 4.88. The molecule has 1 amide bonds. The van der Waals surface area contributed by atoms with Gasteiger partial charge in [-0.05, 0) is 43.2 Å². The number of methoxy groups -OCH3 is 2. The molecule has 1 unspecified atom stereocenters. The minimum atomic E-state index is -0.461. The van der Waals surface area contributed by atoms with E-state index in [0.29, 0.717) is 39.7 Å². The van der Waals surface area contributed by atoms with E-state index in [4.69, 9.17) is 23.7 Å². The molecule has 0 aliphatic carbocycles. The number of aromatic nitrogens is 2. The lowest BCUT2D eigenvalue weighted by molar-refractivity contribution is 0.0273. The fourth-order valence-corrected chi connectivity index (χ4v) is 4.19. The minimum absolute atomic E-state index is 0.128. The first-order valence-electron chi connectivity index (χ1n) is 12.5. The van der Waals surface area contributed by atoms with Crippen molar-refractivity contribution in [3.05, 3.63) is 42.7 Å². The Balaban J connectivity index is 1.35. The quantitative estimate of drug-likeness (QED) is 0.386. The first-order valence-corrected chi connectivity index (χ1v) is 12.5. The molecule has 3 aromatic rings. The van der Waals surface area contributed by atoms with Crippen molar-refractivity contribution < 1.29 is 28.5 Å². The van der Waals surface area contributed by atoms with Gasteiger partial charge in [0.05, 0.1) is 38.3 Å². The van der Waals surface area contributed by atoms with Crippen LogP contribution in [-0.4, -0.2) is 74.1 Å². The molecule has 10 nitrogen and oxygen atoms in total. The number of fused-ring (bicyclic) bond motifs is 1. The average molecular weight is 511 g/mol. The molecule has 4 rings (SSSR count). The molecular weight excluding hydrogens is 476 g/mol. The molecule has 1 aliphatic heterocycles. The fraction of sp³-hybridized carbons (Fsp3) is 0.444. The van der Waals surface area contributed by atoms with Crippen molar-refractivity contribution in [2.24, 2.45) is 0 Å². The maximum absolute atomic E-state index is 12.5. The number of ether oxygens (including phenoxy) is 5. The third-order valence-corrected chi connectivity index (χ3v) is 6.17. The van der Waals surface area contributed by atoms with Crippen LogP contribution in [0.2, 0.25) is 0 Å². The second kappa shape index (κ2) is 13.1. The third kappa shape index (κ3) is 7.21. The fourth-order valence-electron chi connectivity index (χ4n) is 4.19. The van der Waals surface area contributed by atoms with Crippen LogP contribution in [0.1, 0.15) is 26.2 Å². The van der Waals surface area contributed by atoms with E-state index in [1.54, 1.807) is 50.6 Å². The molecule has 0 spiro atoms. The van der Waals surface area contributed by atoms with E-state index in [9.17, 15) is 4.79 Å². The summed E-state index contributed by atoms with van der Waals surface area (Å²) in [4.78, 5) is 23.5. The Morgan fingerprint density at radius 3 is 2.49 bits per heavy atom. The smallest absolute Gasteiger partial charge is 0.411 e. The molecule has 37 heavy (non-hydrogen) atoms. The van der Waals surface area contributed by atoms with Gasteiger partial charge in [0.1, 0.15) is 18.2 Å². The van der Waals surface area contributed by atoms with Crippen LogP contribution >= 0.6 is 0 Å². The Labute approximate surface area is 216 Å². The van der Waals surface area contributed by atoms with Gasteiger partial charge in [0, 0.05) is 31.4 Å². The van der Waals surface area contributed by atoms with Gasteiger partial charge < -0.3 is 23.7 Å². The number of carbonyl (C=O) groups is 1. The van der Waals surface area contributed by atoms with Crippen molar-refractivity contribution in [1.82, 2.24) is 14.9 Å². The summed E-state index contributed by atoms with van der Waals surface area (Å²) < 4.78 is 27.9. The molecule has 10 heteroatoms. The van der Waals surface area contributed by atoms with E-state index in [1.165, 1.54) is 6.33 Å². The molecule has 1 fully saturated rings. The number of anilines is 1. The Kier molecular flexibility index (Phi) is 9.34. The molecule has 0 radical (unpaired) electrons. The molecule has 1 aromatic heterocycles. The van der Waals surface area contributed by atoms with Crippen LogP contribution in [0, 0.1) is 0 Å². The molecule has 2 aromatic carbocycles. The summed E-state index contributed by atoms with van der Waals surface area (Å²) in [7, 11) is 3.14. The highest BCUT2D eigenvalue weighted by molar-refractivity contribution is 5.87. The average Bonchev–Trinajstić information content (AvgIpc) is 2.93. The zero-order chi connectivity index (χ0) is 26.0. The van der Waals surface area contributed by atoms with Crippen LogP contribution in [0.25, 0.3) is 10.9 Å². The molecule has 1 atom stereocenters. The maximum Gasteiger partial charge on any atom is 0.411 e. The lowest BCUT2D eigenvalue weighted by Gasteiger charge is -2.28. The molecule has 0 bridgehead atoms. The summed E-state index contributed by atoms with van der Waals surface area (Å²) in [6.07, 6.45) is 3.42. The highest BCUT2D eigenvalue weighted by Crippen LogP contribution is 2.35. The Morgan fingerprint density at radius 1 is 1.05 bits per heavy atom. The number of nitrogens with zero attached hydrogens (tertiary/aromatic N) is 3. The zero-order valence-electron chi connectivity index (χ0n) is 21.6. The normalized spacial score (nSPS) is 14.7. The number of hydrogen-bond donors (Lipinski definition) is 1. The topological polar surface area (TPSA) is 104 Å². The number of morpholine rings is 1. The van der Waals surface area contributed by atoms with E-state index >= 15 is 0 Å². The highest BCUT2D eigenvalue weighted by Gasteiger charge is 2.18. The van der Waals surface area contributed by atoms with E-state index in [1.807, 2.05) is 0 Å². The number of nitrogens with one attached hydrogen (secondary N) is 1. The monoisotopic (exact) mass is 510 g/mol. The number of amides is 1. The minimum Gasteiger partial charge on any atom is -0.493 e. The van der Waals surface area contributed by atoms with E-state index in [2.05, 4.69) is 27.1 Å². The molecule has 1 N–H and O–H groups in total. The van der Waals surface area contributed by atoms with Crippen LogP contribution in [0.3, 0.4) is 0 Å². The van der Waals surface area contributed by atoms with Gasteiger partial charge in [-0.25, -0.2) is 14.8 Å². The van der Waals surface area contributed by atoms with Gasteiger partial charge in [0.25, 0.3) is 0 Å². The third-order valence-electron chi connectivity index (χ3n) is 6.17. The van der Waals surface area contributed by atoms with Gasteiger partial charge in [-0.3, -0.25) is 10.2 Å². The Hall–Kier alpha value is -3.63. The van der Waals surface area contributed by atoms with Gasteiger partial charge >= 0.3 is 6.09 Å². The van der Waals surface area contributed by atoms with Crippen molar-refractivity contribution in [3.63, 3.8) is 0 Å². The molecular formula is C27H34N4O6. The molecule has 1 saturated heterocycles. The summed E-state index contributed by atoms with van der Waals surface area (Å²) in [5, 5.41) is 3.50. The van der Waals surface area contributed by atoms with Gasteiger partial charge in [-0.15, -0.1) is 0 Å². The molecule has 0 saturated carbocycles. The van der Waals surface area contributed by atoms with E-state index in [-0.39, 0.29) is 6.10 Å². The largest absolute Gasteiger partial charge is 0.493 e. The number of rotatable bonds is 11. The zero-order valence-corrected chi connectivity index (χ0v) is 21.6. The van der Waals surface area contributed by atoms with Crippen LogP contribution in [0.15, 0.2) is 42.7 Å². The van der Waals surface area contributed by atoms with Crippen molar-refractivity contribution in [2.45, 2.75) is 32.3 Å². The number of carbonyl (C=O) groups excluding carboxylic acids is 1. The second-order valence-corrected chi connectivity index (χ2v) is 8.71. The van der Waals surface area contributed by atoms with Crippen LogP contribution < -0.4 is 19.5 Å². The Morgan fingerprint density at radius 2 is 1.78 bits per heavy atom. The van der Waals surface area contributed by atoms with Crippen molar-refractivity contribution in [2.75, 3.05) is 52.4 Å². The lowest BCUT2D eigenvalue weighted by Crippen LogP contribution is -2.38. The Bertz CT molecular complexity index is 1170.